The summed E-state index contributed by atoms with van der Waals surface area (Å²) in [6.45, 7) is 15.7. The van der Waals surface area contributed by atoms with Crippen LogP contribution in [0.4, 0.5) is 0 Å². The fraction of sp³-hybridized carbons (Fsp3) is 1.00. The van der Waals surface area contributed by atoms with Gasteiger partial charge in [0.05, 0.1) is 6.10 Å². The van der Waals surface area contributed by atoms with Gasteiger partial charge in [0.25, 0.3) is 0 Å². The van der Waals surface area contributed by atoms with Crippen molar-refractivity contribution in [3.63, 3.8) is 0 Å². The van der Waals surface area contributed by atoms with Crippen molar-refractivity contribution in [3.8, 4) is 0 Å². The number of nitrogens with zero attached hydrogens (tertiary/aromatic N) is 1. The molecule has 2 unspecified atom stereocenters. The summed E-state index contributed by atoms with van der Waals surface area (Å²) >= 11 is 0. The molecule has 3 heteroatoms. The Labute approximate surface area is 113 Å². The third-order valence-corrected chi connectivity index (χ3v) is 3.64. The molecule has 0 spiro atoms. The predicted octanol–water partition coefficient (Wildman–Crippen LogP) is 2.51. The maximum absolute atomic E-state index is 5.63. The molecular formula is C15H32N2O. The standard InChI is InChI=1S/C15H32N2O/c1-12(2)11-17(13(3)4)14(5)9-16-10-15-7-6-8-18-15/h12-16H,6-11H2,1-5H3. The van der Waals surface area contributed by atoms with Crippen LogP contribution in [0.5, 0.6) is 0 Å². The second-order valence-corrected chi connectivity index (χ2v) is 6.33. The zero-order valence-corrected chi connectivity index (χ0v) is 12.9. The normalized spacial score (nSPS) is 22.3. The summed E-state index contributed by atoms with van der Waals surface area (Å²) in [7, 11) is 0. The van der Waals surface area contributed by atoms with Crippen LogP contribution in [-0.4, -0.2) is 49.3 Å². The lowest BCUT2D eigenvalue weighted by Gasteiger charge is -2.34. The molecule has 18 heavy (non-hydrogen) atoms. The van der Waals surface area contributed by atoms with Crippen molar-refractivity contribution < 1.29 is 4.74 Å². The number of nitrogens with one attached hydrogen (secondary N) is 1. The van der Waals surface area contributed by atoms with E-state index in [2.05, 4.69) is 44.8 Å². The minimum Gasteiger partial charge on any atom is -0.377 e. The Hall–Kier alpha value is -0.120. The van der Waals surface area contributed by atoms with E-state index in [-0.39, 0.29) is 0 Å². The van der Waals surface area contributed by atoms with E-state index in [9.17, 15) is 0 Å². The Morgan fingerprint density at radius 3 is 2.44 bits per heavy atom. The van der Waals surface area contributed by atoms with E-state index in [1.54, 1.807) is 0 Å². The summed E-state index contributed by atoms with van der Waals surface area (Å²) in [6, 6.07) is 1.21. The van der Waals surface area contributed by atoms with Gasteiger partial charge in [0.2, 0.25) is 0 Å². The van der Waals surface area contributed by atoms with Crippen molar-refractivity contribution >= 4 is 0 Å². The first-order valence-corrected chi connectivity index (χ1v) is 7.58. The molecule has 108 valence electrons. The van der Waals surface area contributed by atoms with Crippen LogP contribution in [0, 0.1) is 5.92 Å². The highest BCUT2D eigenvalue weighted by atomic mass is 16.5. The van der Waals surface area contributed by atoms with Gasteiger partial charge in [0.15, 0.2) is 0 Å². The van der Waals surface area contributed by atoms with Gasteiger partial charge in [-0.2, -0.15) is 0 Å². The topological polar surface area (TPSA) is 24.5 Å². The third kappa shape index (κ3) is 5.68. The van der Waals surface area contributed by atoms with Crippen LogP contribution in [0.2, 0.25) is 0 Å². The molecule has 1 aliphatic heterocycles. The molecule has 1 fully saturated rings. The van der Waals surface area contributed by atoms with E-state index in [0.717, 1.165) is 25.6 Å². The van der Waals surface area contributed by atoms with Crippen LogP contribution in [-0.2, 0) is 4.74 Å². The van der Waals surface area contributed by atoms with Gasteiger partial charge < -0.3 is 10.1 Å². The van der Waals surface area contributed by atoms with Crippen molar-refractivity contribution in [1.29, 1.82) is 0 Å². The maximum Gasteiger partial charge on any atom is 0.0700 e. The van der Waals surface area contributed by atoms with Gasteiger partial charge in [-0.05, 0) is 39.5 Å². The maximum atomic E-state index is 5.63. The largest absolute Gasteiger partial charge is 0.377 e. The summed E-state index contributed by atoms with van der Waals surface area (Å²) < 4.78 is 5.63. The van der Waals surface area contributed by atoms with Crippen molar-refractivity contribution in [2.24, 2.45) is 5.92 Å². The quantitative estimate of drug-likeness (QED) is 0.722. The van der Waals surface area contributed by atoms with Crippen LogP contribution < -0.4 is 5.32 Å². The van der Waals surface area contributed by atoms with Crippen LogP contribution in [0.3, 0.4) is 0 Å². The molecule has 1 saturated heterocycles. The molecule has 3 nitrogen and oxygen atoms in total. The van der Waals surface area contributed by atoms with Gasteiger partial charge in [-0.25, -0.2) is 0 Å². The highest BCUT2D eigenvalue weighted by Crippen LogP contribution is 2.11. The fourth-order valence-corrected chi connectivity index (χ4v) is 2.70. The Morgan fingerprint density at radius 1 is 1.22 bits per heavy atom. The SMILES string of the molecule is CC(C)CN(C(C)C)C(C)CNCC1CCCO1. The van der Waals surface area contributed by atoms with Crippen LogP contribution in [0.25, 0.3) is 0 Å². The van der Waals surface area contributed by atoms with Gasteiger partial charge in [-0.1, -0.05) is 13.8 Å². The molecule has 0 aromatic rings. The molecule has 1 N–H and O–H groups in total. The Bertz CT molecular complexity index is 213. The lowest BCUT2D eigenvalue weighted by atomic mass is 10.1. The lowest BCUT2D eigenvalue weighted by molar-refractivity contribution is 0.103. The Balaban J connectivity index is 2.24. The van der Waals surface area contributed by atoms with E-state index in [0.29, 0.717) is 18.2 Å². The van der Waals surface area contributed by atoms with Gasteiger partial charge in [-0.3, -0.25) is 4.90 Å². The van der Waals surface area contributed by atoms with Crippen LogP contribution >= 0.6 is 0 Å². The smallest absolute Gasteiger partial charge is 0.0700 e. The average molecular weight is 256 g/mol. The summed E-state index contributed by atoms with van der Waals surface area (Å²) in [6.07, 6.45) is 2.91. The van der Waals surface area contributed by atoms with E-state index in [1.165, 1.54) is 19.4 Å². The van der Waals surface area contributed by atoms with E-state index < -0.39 is 0 Å². The number of rotatable bonds is 8. The zero-order valence-electron chi connectivity index (χ0n) is 12.9. The first-order valence-electron chi connectivity index (χ1n) is 7.58. The van der Waals surface area contributed by atoms with E-state index in [4.69, 9.17) is 4.74 Å². The molecule has 0 bridgehead atoms. The van der Waals surface area contributed by atoms with Gasteiger partial charge in [-0.15, -0.1) is 0 Å². The molecule has 0 radical (unpaired) electrons. The van der Waals surface area contributed by atoms with Crippen molar-refractivity contribution in [2.75, 3.05) is 26.2 Å². The van der Waals surface area contributed by atoms with Gasteiger partial charge >= 0.3 is 0 Å². The van der Waals surface area contributed by atoms with Crippen LogP contribution in [0.1, 0.15) is 47.5 Å². The molecule has 0 aliphatic carbocycles. The summed E-state index contributed by atoms with van der Waals surface area (Å²) in [5.41, 5.74) is 0. The molecule has 0 amide bonds. The molecule has 0 aromatic heterocycles. The first kappa shape index (κ1) is 15.9. The summed E-state index contributed by atoms with van der Waals surface area (Å²) in [5, 5.41) is 3.57. The van der Waals surface area contributed by atoms with Crippen LogP contribution in [0.15, 0.2) is 0 Å². The third-order valence-electron chi connectivity index (χ3n) is 3.64. The highest BCUT2D eigenvalue weighted by Gasteiger charge is 2.19. The summed E-state index contributed by atoms with van der Waals surface area (Å²) in [4.78, 5) is 2.59. The molecule has 1 rings (SSSR count). The van der Waals surface area contributed by atoms with E-state index in [1.807, 2.05) is 0 Å². The molecule has 1 heterocycles. The van der Waals surface area contributed by atoms with Crippen molar-refractivity contribution in [2.45, 2.75) is 65.6 Å². The van der Waals surface area contributed by atoms with Crippen molar-refractivity contribution in [3.05, 3.63) is 0 Å². The number of ether oxygens (including phenoxy) is 1. The Morgan fingerprint density at radius 2 is 1.94 bits per heavy atom. The molecule has 0 aromatic carbocycles. The average Bonchev–Trinajstić information content (AvgIpc) is 2.78. The lowest BCUT2D eigenvalue weighted by Crippen LogP contribution is -2.46. The number of hydrogen-bond acceptors (Lipinski definition) is 3. The monoisotopic (exact) mass is 256 g/mol. The second-order valence-electron chi connectivity index (χ2n) is 6.33. The number of hydrogen-bond donors (Lipinski definition) is 1. The minimum atomic E-state index is 0.454. The first-order chi connectivity index (χ1) is 8.50. The molecular weight excluding hydrogens is 224 g/mol. The van der Waals surface area contributed by atoms with E-state index >= 15 is 0 Å². The summed E-state index contributed by atoms with van der Waals surface area (Å²) in [5.74, 6) is 0.730. The Kier molecular flexibility index (Phi) is 7.20. The predicted molar refractivity (Wildman–Crippen MR) is 78.0 cm³/mol. The van der Waals surface area contributed by atoms with Gasteiger partial charge in [0, 0.05) is 38.3 Å². The molecule has 0 saturated carbocycles. The molecule has 2 atom stereocenters. The second kappa shape index (κ2) is 8.13. The van der Waals surface area contributed by atoms with Crippen molar-refractivity contribution in [1.82, 2.24) is 10.2 Å². The fourth-order valence-electron chi connectivity index (χ4n) is 2.70. The van der Waals surface area contributed by atoms with Gasteiger partial charge in [0.1, 0.15) is 0 Å². The molecule has 1 aliphatic rings. The zero-order chi connectivity index (χ0) is 13.5. The minimum absolute atomic E-state index is 0.454. The highest BCUT2D eigenvalue weighted by molar-refractivity contribution is 4.76.